The molecule has 0 aromatic carbocycles. The first-order valence-corrected chi connectivity index (χ1v) is 22.0. The first-order valence-electron chi connectivity index (χ1n) is 20.9. The van der Waals surface area contributed by atoms with E-state index in [-0.39, 0.29) is 26.0 Å². The minimum atomic E-state index is -2.64. The first-order chi connectivity index (χ1) is 25.1. The molecule has 0 fully saturated rings. The predicted octanol–water partition coefficient (Wildman–Crippen LogP) is 10.2. The number of esters is 2. The van der Waals surface area contributed by atoms with E-state index in [9.17, 15) is 24.1 Å². The Hall–Kier alpha value is -1.65. The molecule has 0 rings (SSSR count). The second kappa shape index (κ2) is 35.1. The van der Waals surface area contributed by atoms with Gasteiger partial charge in [-0.1, -0.05) is 168 Å². The Balaban J connectivity index is 4.88. The van der Waals surface area contributed by atoms with Crippen molar-refractivity contribution < 1.29 is 42.6 Å². The third-order valence-electron chi connectivity index (χ3n) is 9.56. The Morgan fingerprint density at radius 2 is 0.942 bits per heavy atom. The fraction of sp³-hybridized carbons (Fsp3) is 0.925. The van der Waals surface area contributed by atoms with Crippen molar-refractivity contribution in [3.8, 4) is 0 Å². The monoisotopic (exact) mass is 762 g/mol. The van der Waals surface area contributed by atoms with Crippen molar-refractivity contribution in [2.24, 2.45) is 11.5 Å². The van der Waals surface area contributed by atoms with Gasteiger partial charge < -0.3 is 26.0 Å². The van der Waals surface area contributed by atoms with Crippen molar-refractivity contribution in [1.82, 2.24) is 0 Å². The summed E-state index contributed by atoms with van der Waals surface area (Å²) in [5, 5.41) is 9.94. The third kappa shape index (κ3) is 28.8. The molecule has 0 aromatic rings. The fourth-order valence-corrected chi connectivity index (χ4v) is 6.79. The van der Waals surface area contributed by atoms with Gasteiger partial charge in [-0.2, -0.15) is 0 Å². The van der Waals surface area contributed by atoms with Gasteiger partial charge in [0, 0.05) is 24.0 Å². The van der Waals surface area contributed by atoms with Gasteiger partial charge in [-0.05, 0) is 19.8 Å². The second-order valence-electron chi connectivity index (χ2n) is 14.7. The van der Waals surface area contributed by atoms with Crippen molar-refractivity contribution >= 4 is 26.2 Å². The van der Waals surface area contributed by atoms with Gasteiger partial charge >= 0.3 is 26.2 Å². The molecule has 0 aliphatic carbocycles. The van der Waals surface area contributed by atoms with Crippen LogP contribution in [0.1, 0.15) is 201 Å². The van der Waals surface area contributed by atoms with Crippen LogP contribution < -0.4 is 11.5 Å². The summed E-state index contributed by atoms with van der Waals surface area (Å²) in [4.78, 5) is 38.1. The van der Waals surface area contributed by atoms with Crippen LogP contribution in [0.4, 0.5) is 0 Å². The Labute approximate surface area is 317 Å². The maximum absolute atomic E-state index is 13.0. The highest BCUT2D eigenvalue weighted by atomic mass is 31.1. The van der Waals surface area contributed by atoms with E-state index < -0.39 is 50.5 Å². The topological polar surface area (TPSA) is 177 Å². The molecule has 0 aromatic heterocycles. The molecule has 0 heterocycles. The molecule has 0 bridgehead atoms. The Morgan fingerprint density at radius 1 is 0.596 bits per heavy atom. The molecule has 0 aliphatic rings. The molecule has 0 radical (unpaired) electrons. The van der Waals surface area contributed by atoms with Gasteiger partial charge in [0.15, 0.2) is 17.7 Å². The van der Waals surface area contributed by atoms with E-state index in [2.05, 4.69) is 13.8 Å². The van der Waals surface area contributed by atoms with Gasteiger partial charge in [-0.25, -0.2) is 0 Å². The fourth-order valence-electron chi connectivity index (χ4n) is 6.19. The van der Waals surface area contributed by atoms with Gasteiger partial charge in [0.2, 0.25) is 0 Å². The lowest BCUT2D eigenvalue weighted by atomic mass is 9.91. The molecule has 52 heavy (non-hydrogen) atoms. The number of ether oxygens (including phenoxy) is 2. The molecular formula is C40H78N2O9P+. The second-order valence-corrected chi connectivity index (χ2v) is 15.6. The van der Waals surface area contributed by atoms with Crippen molar-refractivity contribution in [2.75, 3.05) is 19.8 Å². The molecule has 2 unspecified atom stereocenters. The number of aliphatic carboxylic acids is 1. The number of carbonyl (C=O) groups excluding carboxylic acids is 2. The number of nitrogens with two attached hydrogens (primary N) is 2. The molecule has 0 spiro atoms. The number of carbonyl (C=O) groups is 3. The minimum Gasteiger partial charge on any atom is -0.480 e. The zero-order chi connectivity index (χ0) is 38.7. The molecule has 5 N–H and O–H groups in total. The molecule has 0 saturated heterocycles. The average molecular weight is 762 g/mol. The van der Waals surface area contributed by atoms with Crippen molar-refractivity contribution in [3.63, 3.8) is 0 Å². The molecule has 306 valence electrons. The Kier molecular flexibility index (Phi) is 34.0. The number of carboxylic acid groups (broad SMARTS) is 1. The van der Waals surface area contributed by atoms with Crippen LogP contribution in [0.3, 0.4) is 0 Å². The van der Waals surface area contributed by atoms with Crippen LogP contribution in [0.2, 0.25) is 0 Å². The van der Waals surface area contributed by atoms with Crippen LogP contribution >= 0.6 is 8.25 Å². The van der Waals surface area contributed by atoms with Crippen molar-refractivity contribution in [2.45, 2.75) is 218 Å². The number of hydrogen-bond donors (Lipinski definition) is 3. The first kappa shape index (κ1) is 50.4. The SMILES string of the molecule is CCCCCCCCCCCCCCCC(=O)OC([C@H](CO[P+](=O)OCCN)OC(=O)CCCCCCCCCCCCCCC)[C@@](C)(N)C(=O)O. The van der Waals surface area contributed by atoms with E-state index >= 15 is 0 Å². The van der Waals surface area contributed by atoms with Crippen molar-refractivity contribution in [1.29, 1.82) is 0 Å². The van der Waals surface area contributed by atoms with E-state index in [4.69, 9.17) is 30.0 Å². The lowest BCUT2D eigenvalue weighted by Crippen LogP contribution is -2.62. The lowest BCUT2D eigenvalue weighted by Gasteiger charge is -2.34. The van der Waals surface area contributed by atoms with Crippen LogP contribution in [0.25, 0.3) is 0 Å². The molecule has 0 saturated carbocycles. The minimum absolute atomic E-state index is 0.0278. The molecule has 0 aliphatic heterocycles. The van der Waals surface area contributed by atoms with E-state index in [0.29, 0.717) is 12.8 Å². The van der Waals surface area contributed by atoms with Gasteiger partial charge in [-0.15, -0.1) is 9.05 Å². The predicted molar refractivity (Wildman–Crippen MR) is 209 cm³/mol. The summed E-state index contributed by atoms with van der Waals surface area (Å²) in [7, 11) is -2.64. The normalized spacial score (nSPS) is 14.1. The Morgan fingerprint density at radius 3 is 1.29 bits per heavy atom. The van der Waals surface area contributed by atoms with E-state index in [0.717, 1.165) is 38.5 Å². The molecule has 12 heteroatoms. The largest absolute Gasteiger partial charge is 0.697 e. The quantitative estimate of drug-likeness (QED) is 0.0308. The zero-order valence-electron chi connectivity index (χ0n) is 33.4. The molecule has 11 nitrogen and oxygen atoms in total. The standard InChI is InChI=1S/C40H77N2O9P/c1-4-6-8-10-12-14-16-18-20-22-24-26-28-30-36(43)50-35(34-49-52(47)48-33-32-41)38(40(3,42)39(45)46)51-37(44)31-29-27-25-23-21-19-17-15-13-11-9-7-5-2/h35,38H,4-34,41-42H2,1-3H3/p+1/t35-,38?,40+/m0/s1. The summed E-state index contributed by atoms with van der Waals surface area (Å²) in [5.74, 6) is -2.70. The van der Waals surface area contributed by atoms with Gasteiger partial charge in [0.25, 0.3) is 0 Å². The van der Waals surface area contributed by atoms with Crippen LogP contribution in [-0.4, -0.2) is 60.5 Å². The summed E-state index contributed by atoms with van der Waals surface area (Å²) in [6, 6.07) is 0. The van der Waals surface area contributed by atoms with Gasteiger partial charge in [0.05, 0.1) is 0 Å². The maximum Gasteiger partial charge on any atom is 0.697 e. The smallest absolute Gasteiger partial charge is 0.480 e. The number of unbranched alkanes of at least 4 members (excludes halogenated alkanes) is 24. The van der Waals surface area contributed by atoms with E-state index in [1.807, 2.05) is 0 Å². The third-order valence-corrected chi connectivity index (χ3v) is 10.3. The lowest BCUT2D eigenvalue weighted by molar-refractivity contribution is -0.181. The zero-order valence-corrected chi connectivity index (χ0v) is 34.3. The summed E-state index contributed by atoms with van der Waals surface area (Å²) < 4.78 is 33.8. The molecule has 0 amide bonds. The average Bonchev–Trinajstić information content (AvgIpc) is 3.11. The van der Waals surface area contributed by atoms with Gasteiger partial charge in [-0.3, -0.25) is 14.4 Å². The summed E-state index contributed by atoms with van der Waals surface area (Å²) in [5.41, 5.74) is 9.45. The summed E-state index contributed by atoms with van der Waals surface area (Å²) in [6.45, 7) is 5.20. The molecule has 4 atom stereocenters. The summed E-state index contributed by atoms with van der Waals surface area (Å²) in [6.07, 6.45) is 27.4. The van der Waals surface area contributed by atoms with E-state index in [1.165, 1.54) is 122 Å². The maximum atomic E-state index is 13.0. The highest BCUT2D eigenvalue weighted by Gasteiger charge is 2.48. The number of carboxylic acids is 1. The van der Waals surface area contributed by atoms with Crippen molar-refractivity contribution in [3.05, 3.63) is 0 Å². The highest BCUT2D eigenvalue weighted by molar-refractivity contribution is 7.33. The van der Waals surface area contributed by atoms with Crippen LogP contribution in [-0.2, 0) is 37.5 Å². The summed E-state index contributed by atoms with van der Waals surface area (Å²) >= 11 is 0. The highest BCUT2D eigenvalue weighted by Crippen LogP contribution is 2.27. The van der Waals surface area contributed by atoms with Crippen LogP contribution in [0.15, 0.2) is 0 Å². The van der Waals surface area contributed by atoms with Crippen LogP contribution in [0.5, 0.6) is 0 Å². The van der Waals surface area contributed by atoms with Crippen LogP contribution in [0, 0.1) is 0 Å². The Bertz CT molecular complexity index is 906. The number of hydrogen-bond acceptors (Lipinski definition) is 10. The van der Waals surface area contributed by atoms with Gasteiger partial charge in [0.1, 0.15) is 13.2 Å². The number of rotatable bonds is 39. The molecular weight excluding hydrogens is 683 g/mol. The van der Waals surface area contributed by atoms with E-state index in [1.54, 1.807) is 0 Å².